The molecule has 5 nitrogen and oxygen atoms in total. The standard InChI is InChI=1S/C9H16O5/c1-3-6(5-7(10)11)9(14,4-2)8(12)13/h6,14H,3-5H2,1-2H3,(H,10,11)(H,12,13). The van der Waals surface area contributed by atoms with Gasteiger partial charge in [-0.3, -0.25) is 4.79 Å². The average Bonchev–Trinajstić information content (AvgIpc) is 2.12. The number of aliphatic carboxylic acids is 2. The second-order valence-corrected chi connectivity index (χ2v) is 3.29. The number of carboxylic acids is 2. The van der Waals surface area contributed by atoms with Gasteiger partial charge in [-0.25, -0.2) is 4.79 Å². The molecule has 0 aromatic carbocycles. The summed E-state index contributed by atoms with van der Waals surface area (Å²) in [6.45, 7) is 3.19. The molecular formula is C9H16O5. The fraction of sp³-hybridized carbons (Fsp3) is 0.778. The molecule has 2 unspecified atom stereocenters. The Morgan fingerprint density at radius 1 is 1.29 bits per heavy atom. The van der Waals surface area contributed by atoms with E-state index in [9.17, 15) is 14.7 Å². The minimum atomic E-state index is -1.92. The highest BCUT2D eigenvalue weighted by Crippen LogP contribution is 2.27. The van der Waals surface area contributed by atoms with Crippen molar-refractivity contribution in [3.63, 3.8) is 0 Å². The first-order valence-electron chi connectivity index (χ1n) is 4.56. The molecule has 0 saturated carbocycles. The van der Waals surface area contributed by atoms with Crippen LogP contribution in [0.25, 0.3) is 0 Å². The number of aliphatic hydroxyl groups is 1. The Morgan fingerprint density at radius 2 is 1.79 bits per heavy atom. The number of hydrogen-bond acceptors (Lipinski definition) is 3. The molecule has 0 fully saturated rings. The third-order valence-corrected chi connectivity index (χ3v) is 2.50. The van der Waals surface area contributed by atoms with Crippen LogP contribution in [0.15, 0.2) is 0 Å². The lowest BCUT2D eigenvalue weighted by Gasteiger charge is -2.29. The molecular weight excluding hydrogens is 188 g/mol. The van der Waals surface area contributed by atoms with Crippen molar-refractivity contribution in [3.05, 3.63) is 0 Å². The van der Waals surface area contributed by atoms with E-state index in [0.29, 0.717) is 6.42 Å². The highest BCUT2D eigenvalue weighted by Gasteiger charge is 2.42. The average molecular weight is 204 g/mol. The number of rotatable bonds is 6. The SMILES string of the molecule is CCC(CC(=O)O)C(O)(CC)C(=O)O. The van der Waals surface area contributed by atoms with Gasteiger partial charge in [0.15, 0.2) is 5.60 Å². The summed E-state index contributed by atoms with van der Waals surface area (Å²) in [6.07, 6.45) is 0.00417. The second-order valence-electron chi connectivity index (χ2n) is 3.29. The van der Waals surface area contributed by atoms with Gasteiger partial charge in [0, 0.05) is 5.92 Å². The molecule has 0 aliphatic rings. The van der Waals surface area contributed by atoms with Gasteiger partial charge in [0.2, 0.25) is 0 Å². The van der Waals surface area contributed by atoms with Gasteiger partial charge in [0.05, 0.1) is 6.42 Å². The number of carbonyl (C=O) groups is 2. The number of carboxylic acid groups (broad SMARTS) is 2. The lowest BCUT2D eigenvalue weighted by Crippen LogP contribution is -2.46. The summed E-state index contributed by atoms with van der Waals surface area (Å²) >= 11 is 0. The van der Waals surface area contributed by atoms with Crippen molar-refractivity contribution in [2.45, 2.75) is 38.7 Å². The largest absolute Gasteiger partial charge is 0.481 e. The third kappa shape index (κ3) is 2.70. The van der Waals surface area contributed by atoms with Crippen LogP contribution in [0.4, 0.5) is 0 Å². The highest BCUT2D eigenvalue weighted by molar-refractivity contribution is 5.79. The Bertz CT molecular complexity index is 225. The minimum Gasteiger partial charge on any atom is -0.481 e. The lowest BCUT2D eigenvalue weighted by atomic mass is 9.81. The summed E-state index contributed by atoms with van der Waals surface area (Å²) < 4.78 is 0. The quantitative estimate of drug-likeness (QED) is 0.592. The Hall–Kier alpha value is -1.10. The Balaban J connectivity index is 4.77. The fourth-order valence-corrected chi connectivity index (χ4v) is 1.48. The fourth-order valence-electron chi connectivity index (χ4n) is 1.48. The van der Waals surface area contributed by atoms with Gasteiger partial charge in [-0.05, 0) is 12.8 Å². The Labute approximate surface area is 82.4 Å². The molecule has 0 aliphatic heterocycles. The molecule has 0 radical (unpaired) electrons. The molecule has 0 saturated heterocycles. The van der Waals surface area contributed by atoms with Crippen molar-refractivity contribution in [2.24, 2.45) is 5.92 Å². The van der Waals surface area contributed by atoms with Gasteiger partial charge in [0.25, 0.3) is 0 Å². The van der Waals surface area contributed by atoms with E-state index in [4.69, 9.17) is 10.2 Å². The first-order valence-corrected chi connectivity index (χ1v) is 4.56. The molecule has 2 atom stereocenters. The molecule has 0 aromatic heterocycles. The van der Waals surface area contributed by atoms with E-state index in [-0.39, 0.29) is 12.8 Å². The van der Waals surface area contributed by atoms with Gasteiger partial charge in [-0.1, -0.05) is 13.8 Å². The van der Waals surface area contributed by atoms with Gasteiger partial charge in [-0.2, -0.15) is 0 Å². The lowest BCUT2D eigenvalue weighted by molar-refractivity contribution is -0.167. The smallest absolute Gasteiger partial charge is 0.335 e. The molecule has 14 heavy (non-hydrogen) atoms. The summed E-state index contributed by atoms with van der Waals surface area (Å²) in [5, 5.41) is 27.1. The van der Waals surface area contributed by atoms with E-state index >= 15 is 0 Å². The van der Waals surface area contributed by atoms with Crippen molar-refractivity contribution >= 4 is 11.9 Å². The topological polar surface area (TPSA) is 94.8 Å². The van der Waals surface area contributed by atoms with E-state index < -0.39 is 23.5 Å². The molecule has 0 amide bonds. The Kier molecular flexibility index (Phi) is 4.56. The zero-order valence-corrected chi connectivity index (χ0v) is 8.36. The van der Waals surface area contributed by atoms with Crippen LogP contribution in [0.5, 0.6) is 0 Å². The maximum atomic E-state index is 10.8. The van der Waals surface area contributed by atoms with E-state index in [2.05, 4.69) is 0 Å². The van der Waals surface area contributed by atoms with Crippen molar-refractivity contribution in [1.82, 2.24) is 0 Å². The Morgan fingerprint density at radius 3 is 2.00 bits per heavy atom. The third-order valence-electron chi connectivity index (χ3n) is 2.50. The van der Waals surface area contributed by atoms with Crippen LogP contribution in [0.2, 0.25) is 0 Å². The van der Waals surface area contributed by atoms with Crippen LogP contribution in [0, 0.1) is 5.92 Å². The first-order chi connectivity index (χ1) is 6.38. The summed E-state index contributed by atoms with van der Waals surface area (Å²) in [5.74, 6) is -3.19. The second kappa shape index (κ2) is 4.95. The zero-order valence-electron chi connectivity index (χ0n) is 8.36. The first kappa shape index (κ1) is 12.9. The molecule has 0 aromatic rings. The van der Waals surface area contributed by atoms with E-state index in [1.165, 1.54) is 6.92 Å². The van der Waals surface area contributed by atoms with Crippen LogP contribution in [-0.4, -0.2) is 32.9 Å². The van der Waals surface area contributed by atoms with Crippen LogP contribution in [0.1, 0.15) is 33.1 Å². The van der Waals surface area contributed by atoms with Crippen molar-refractivity contribution in [1.29, 1.82) is 0 Å². The van der Waals surface area contributed by atoms with Crippen molar-refractivity contribution in [3.8, 4) is 0 Å². The zero-order chi connectivity index (χ0) is 11.4. The summed E-state index contributed by atoms with van der Waals surface area (Å²) in [5.41, 5.74) is -1.92. The molecule has 82 valence electrons. The maximum Gasteiger partial charge on any atom is 0.335 e. The van der Waals surface area contributed by atoms with Crippen LogP contribution >= 0.6 is 0 Å². The molecule has 3 N–H and O–H groups in total. The highest BCUT2D eigenvalue weighted by atomic mass is 16.4. The van der Waals surface area contributed by atoms with E-state index in [1.807, 2.05) is 0 Å². The monoisotopic (exact) mass is 204 g/mol. The molecule has 0 heterocycles. The molecule has 0 spiro atoms. The predicted molar refractivity (Wildman–Crippen MR) is 48.9 cm³/mol. The van der Waals surface area contributed by atoms with Gasteiger partial charge in [0.1, 0.15) is 0 Å². The summed E-state index contributed by atoms with van der Waals surface area (Å²) in [7, 11) is 0. The molecule has 0 bridgehead atoms. The predicted octanol–water partition coefficient (Wildman–Crippen LogP) is 0.713. The van der Waals surface area contributed by atoms with Crippen molar-refractivity contribution in [2.75, 3.05) is 0 Å². The van der Waals surface area contributed by atoms with Gasteiger partial charge in [-0.15, -0.1) is 0 Å². The van der Waals surface area contributed by atoms with Crippen LogP contribution in [-0.2, 0) is 9.59 Å². The molecule has 5 heteroatoms. The minimum absolute atomic E-state index is 0.00806. The van der Waals surface area contributed by atoms with E-state index in [0.717, 1.165) is 0 Å². The van der Waals surface area contributed by atoms with Crippen LogP contribution < -0.4 is 0 Å². The van der Waals surface area contributed by atoms with Gasteiger partial charge < -0.3 is 15.3 Å². The number of hydrogen-bond donors (Lipinski definition) is 3. The summed E-state index contributed by atoms with van der Waals surface area (Å²) in [6, 6.07) is 0. The van der Waals surface area contributed by atoms with Crippen molar-refractivity contribution < 1.29 is 24.9 Å². The molecule has 0 aliphatic carbocycles. The summed E-state index contributed by atoms with van der Waals surface area (Å²) in [4.78, 5) is 21.2. The van der Waals surface area contributed by atoms with Crippen LogP contribution in [0.3, 0.4) is 0 Å². The van der Waals surface area contributed by atoms with E-state index in [1.54, 1.807) is 6.92 Å². The molecule has 0 rings (SSSR count). The normalized spacial score (nSPS) is 17.1. The van der Waals surface area contributed by atoms with Gasteiger partial charge >= 0.3 is 11.9 Å². The maximum absolute atomic E-state index is 10.8.